The van der Waals surface area contributed by atoms with Crippen LogP contribution in [0.2, 0.25) is 0 Å². The lowest BCUT2D eigenvalue weighted by Gasteiger charge is -2.03. The molecule has 5 nitrogen and oxygen atoms in total. The molecule has 82 valence electrons. The third-order valence-corrected chi connectivity index (χ3v) is 2.74. The molecule has 0 atom stereocenters. The Bertz CT molecular complexity index is 563. The van der Waals surface area contributed by atoms with Gasteiger partial charge in [0.15, 0.2) is 0 Å². The summed E-state index contributed by atoms with van der Waals surface area (Å²) in [5.41, 5.74) is 12.8. The van der Waals surface area contributed by atoms with Crippen LogP contribution in [0.5, 0.6) is 0 Å². The number of rotatable bonds is 3. The van der Waals surface area contributed by atoms with Crippen LogP contribution in [0.15, 0.2) is 23.6 Å². The fourth-order valence-electron chi connectivity index (χ4n) is 1.69. The zero-order valence-corrected chi connectivity index (χ0v) is 9.38. The van der Waals surface area contributed by atoms with Crippen molar-refractivity contribution in [1.29, 1.82) is 0 Å². The van der Waals surface area contributed by atoms with Gasteiger partial charge in [-0.15, -0.1) is 0 Å². The molecule has 1 heterocycles. The highest BCUT2D eigenvalue weighted by Gasteiger charge is 2.04. The van der Waals surface area contributed by atoms with E-state index in [2.05, 4.69) is 41.0 Å². The van der Waals surface area contributed by atoms with Crippen molar-refractivity contribution in [2.24, 2.45) is 5.11 Å². The van der Waals surface area contributed by atoms with Crippen molar-refractivity contribution in [1.82, 2.24) is 9.55 Å². The van der Waals surface area contributed by atoms with E-state index in [-0.39, 0.29) is 0 Å². The summed E-state index contributed by atoms with van der Waals surface area (Å²) in [6.45, 7) is 5.28. The quantitative estimate of drug-likeness (QED) is 0.441. The molecule has 16 heavy (non-hydrogen) atoms. The Kier molecular flexibility index (Phi) is 2.79. The number of aromatic nitrogens is 2. The summed E-state index contributed by atoms with van der Waals surface area (Å²) in [5.74, 6) is 0. The number of aryl methyl sites for hydroxylation is 2. The Labute approximate surface area is 93.3 Å². The molecule has 0 aliphatic carbocycles. The van der Waals surface area contributed by atoms with Crippen LogP contribution in [-0.4, -0.2) is 16.1 Å². The second kappa shape index (κ2) is 4.24. The van der Waals surface area contributed by atoms with E-state index in [9.17, 15) is 0 Å². The van der Waals surface area contributed by atoms with Gasteiger partial charge >= 0.3 is 0 Å². The molecule has 0 unspecified atom stereocenters. The van der Waals surface area contributed by atoms with Crippen LogP contribution in [0.3, 0.4) is 0 Å². The molecule has 1 aromatic heterocycles. The van der Waals surface area contributed by atoms with Gasteiger partial charge in [0.1, 0.15) is 0 Å². The maximum absolute atomic E-state index is 8.22. The Morgan fingerprint density at radius 3 is 2.88 bits per heavy atom. The highest BCUT2D eigenvalue weighted by molar-refractivity contribution is 5.77. The first-order valence-corrected chi connectivity index (χ1v) is 5.15. The predicted octanol–water partition coefficient (Wildman–Crippen LogP) is 2.96. The van der Waals surface area contributed by atoms with Crippen LogP contribution in [0.4, 0.5) is 0 Å². The topological polar surface area (TPSA) is 66.6 Å². The minimum atomic E-state index is 0.453. The smallest absolute Gasteiger partial charge is 0.0958 e. The lowest BCUT2D eigenvalue weighted by molar-refractivity contribution is 0.725. The fourth-order valence-corrected chi connectivity index (χ4v) is 1.69. The molecule has 1 aromatic carbocycles. The maximum atomic E-state index is 8.22. The molecule has 0 spiro atoms. The van der Waals surface area contributed by atoms with E-state index < -0.39 is 0 Å². The molecule has 0 saturated heterocycles. The lowest BCUT2D eigenvalue weighted by Crippen LogP contribution is -1.98. The molecule has 2 rings (SSSR count). The average Bonchev–Trinajstić information content (AvgIpc) is 2.63. The third kappa shape index (κ3) is 1.85. The van der Waals surface area contributed by atoms with Crippen molar-refractivity contribution in [2.75, 3.05) is 6.54 Å². The van der Waals surface area contributed by atoms with Gasteiger partial charge in [-0.05, 0) is 42.6 Å². The van der Waals surface area contributed by atoms with Crippen LogP contribution < -0.4 is 0 Å². The van der Waals surface area contributed by atoms with Crippen LogP contribution in [0, 0.1) is 13.8 Å². The Hall–Kier alpha value is -2.00. The summed E-state index contributed by atoms with van der Waals surface area (Å²) < 4.78 is 2.01. The zero-order chi connectivity index (χ0) is 11.5. The molecule has 0 bridgehead atoms. The van der Waals surface area contributed by atoms with Gasteiger partial charge in [-0.3, -0.25) is 0 Å². The third-order valence-electron chi connectivity index (χ3n) is 2.74. The van der Waals surface area contributed by atoms with Crippen LogP contribution in [0.1, 0.15) is 11.1 Å². The second-order valence-electron chi connectivity index (χ2n) is 3.82. The summed E-state index contributed by atoms with van der Waals surface area (Å²) >= 11 is 0. The van der Waals surface area contributed by atoms with Crippen molar-refractivity contribution in [3.05, 3.63) is 40.0 Å². The van der Waals surface area contributed by atoms with E-state index in [1.165, 1.54) is 11.1 Å². The summed E-state index contributed by atoms with van der Waals surface area (Å²) in [7, 11) is 0. The van der Waals surface area contributed by atoms with Crippen molar-refractivity contribution in [3.8, 4) is 0 Å². The predicted molar refractivity (Wildman–Crippen MR) is 63.2 cm³/mol. The summed E-state index contributed by atoms with van der Waals surface area (Å²) in [4.78, 5) is 7.07. The molecule has 0 radical (unpaired) electrons. The SMILES string of the molecule is Cc1cc2ncn(CCN=[N+]=[N-])c2cc1C. The number of azide groups is 1. The number of nitrogens with zero attached hydrogens (tertiary/aromatic N) is 5. The molecule has 5 heteroatoms. The minimum absolute atomic E-state index is 0.453. The van der Waals surface area contributed by atoms with Gasteiger partial charge in [-0.2, -0.15) is 0 Å². The van der Waals surface area contributed by atoms with Crippen molar-refractivity contribution >= 4 is 11.0 Å². The highest BCUT2D eigenvalue weighted by atomic mass is 15.1. The van der Waals surface area contributed by atoms with Crippen LogP contribution in [0.25, 0.3) is 21.5 Å². The molecule has 0 aliphatic rings. The Balaban J connectivity index is 2.39. The van der Waals surface area contributed by atoms with Crippen LogP contribution >= 0.6 is 0 Å². The molecule has 0 fully saturated rings. The average molecular weight is 215 g/mol. The number of benzene rings is 1. The van der Waals surface area contributed by atoms with Gasteiger partial charge in [-0.1, -0.05) is 5.11 Å². The summed E-state index contributed by atoms with van der Waals surface area (Å²) in [6.07, 6.45) is 1.79. The summed E-state index contributed by atoms with van der Waals surface area (Å²) in [5, 5.41) is 3.53. The van der Waals surface area contributed by atoms with E-state index >= 15 is 0 Å². The van der Waals surface area contributed by atoms with Gasteiger partial charge in [0, 0.05) is 18.0 Å². The normalized spacial score (nSPS) is 10.4. The second-order valence-corrected chi connectivity index (χ2v) is 3.82. The van der Waals surface area contributed by atoms with Crippen molar-refractivity contribution in [3.63, 3.8) is 0 Å². The zero-order valence-electron chi connectivity index (χ0n) is 9.38. The molecular weight excluding hydrogens is 202 g/mol. The van der Waals surface area contributed by atoms with E-state index in [1.54, 1.807) is 6.33 Å². The van der Waals surface area contributed by atoms with Gasteiger partial charge in [0.25, 0.3) is 0 Å². The molecule has 0 saturated carbocycles. The Morgan fingerprint density at radius 1 is 1.38 bits per heavy atom. The molecule has 0 aliphatic heterocycles. The standard InChI is InChI=1S/C11H13N5/c1-8-5-10-11(6-9(8)2)16(7-13-10)4-3-14-15-12/h5-7H,3-4H2,1-2H3. The van der Waals surface area contributed by atoms with E-state index in [4.69, 9.17) is 5.53 Å². The lowest BCUT2D eigenvalue weighted by atomic mass is 10.1. The van der Waals surface area contributed by atoms with Crippen molar-refractivity contribution in [2.45, 2.75) is 20.4 Å². The minimum Gasteiger partial charge on any atom is -0.330 e. The highest BCUT2D eigenvalue weighted by Crippen LogP contribution is 2.18. The van der Waals surface area contributed by atoms with Crippen molar-refractivity contribution < 1.29 is 0 Å². The van der Waals surface area contributed by atoms with Gasteiger partial charge in [0.05, 0.1) is 17.4 Å². The number of hydrogen-bond donors (Lipinski definition) is 0. The van der Waals surface area contributed by atoms with Gasteiger partial charge in [-0.25, -0.2) is 4.98 Å². The van der Waals surface area contributed by atoms with Gasteiger partial charge < -0.3 is 4.57 Å². The van der Waals surface area contributed by atoms with Gasteiger partial charge in [0.2, 0.25) is 0 Å². The van der Waals surface area contributed by atoms with E-state index in [0.717, 1.165) is 11.0 Å². The van der Waals surface area contributed by atoms with E-state index in [0.29, 0.717) is 13.1 Å². The summed E-state index contributed by atoms with van der Waals surface area (Å²) in [6, 6.07) is 4.20. The molecule has 0 amide bonds. The van der Waals surface area contributed by atoms with E-state index in [1.807, 2.05) is 4.57 Å². The number of fused-ring (bicyclic) bond motifs is 1. The largest absolute Gasteiger partial charge is 0.330 e. The fraction of sp³-hybridized carbons (Fsp3) is 0.364. The monoisotopic (exact) mass is 215 g/mol. The number of imidazole rings is 1. The Morgan fingerprint density at radius 2 is 2.12 bits per heavy atom. The first-order chi connectivity index (χ1) is 7.72. The molecule has 2 aromatic rings. The first-order valence-electron chi connectivity index (χ1n) is 5.15. The first kappa shape index (κ1) is 10.5. The maximum Gasteiger partial charge on any atom is 0.0958 e. The number of hydrogen-bond acceptors (Lipinski definition) is 2. The molecule has 0 N–H and O–H groups in total. The molecular formula is C11H13N5. The van der Waals surface area contributed by atoms with Crippen LogP contribution in [-0.2, 0) is 6.54 Å².